The van der Waals surface area contributed by atoms with E-state index in [0.29, 0.717) is 17.1 Å². The average molecular weight is 428 g/mol. The van der Waals surface area contributed by atoms with E-state index in [1.165, 1.54) is 19.2 Å². The van der Waals surface area contributed by atoms with Gasteiger partial charge in [0.2, 0.25) is 0 Å². The maximum absolute atomic E-state index is 14.6. The SMILES string of the molecule is CCOc1cc(C(=O)NCc2ccc(-n3ccnc3C)c(F)c2)c([N+](=O)[O-])cc1OC. The molecule has 0 bridgehead atoms. The van der Waals surface area contributed by atoms with Crippen LogP contribution in [0.25, 0.3) is 5.69 Å². The molecule has 2 aromatic carbocycles. The van der Waals surface area contributed by atoms with Gasteiger partial charge in [0.15, 0.2) is 11.5 Å². The molecule has 0 saturated carbocycles. The van der Waals surface area contributed by atoms with Crippen LogP contribution in [0.2, 0.25) is 0 Å². The van der Waals surface area contributed by atoms with Crippen molar-refractivity contribution in [3.8, 4) is 17.2 Å². The molecule has 0 spiro atoms. The van der Waals surface area contributed by atoms with Gasteiger partial charge in [-0.3, -0.25) is 14.9 Å². The van der Waals surface area contributed by atoms with E-state index in [1.807, 2.05) is 0 Å². The second kappa shape index (κ2) is 9.24. The standard InChI is InChI=1S/C21H21FN4O5/c1-4-31-20-10-15(18(26(28)29)11-19(20)30-3)21(27)24-12-14-5-6-17(16(22)9-14)25-8-7-23-13(25)2/h5-11H,4,12H2,1-3H3,(H,24,27). The van der Waals surface area contributed by atoms with Crippen LogP contribution in [0.15, 0.2) is 42.7 Å². The van der Waals surface area contributed by atoms with Crippen LogP contribution >= 0.6 is 0 Å². The Labute approximate surface area is 177 Å². The second-order valence-corrected chi connectivity index (χ2v) is 6.52. The van der Waals surface area contributed by atoms with E-state index in [2.05, 4.69) is 10.3 Å². The Morgan fingerprint density at radius 1 is 1.29 bits per heavy atom. The number of nitro groups is 1. The first kappa shape index (κ1) is 21.8. The van der Waals surface area contributed by atoms with Crippen molar-refractivity contribution in [1.29, 1.82) is 0 Å². The van der Waals surface area contributed by atoms with Gasteiger partial charge in [-0.1, -0.05) is 6.07 Å². The molecule has 0 saturated heterocycles. The fourth-order valence-electron chi connectivity index (χ4n) is 3.08. The summed E-state index contributed by atoms with van der Waals surface area (Å²) in [6.45, 7) is 3.76. The number of ether oxygens (including phenoxy) is 2. The van der Waals surface area contributed by atoms with Crippen molar-refractivity contribution >= 4 is 11.6 Å². The van der Waals surface area contributed by atoms with E-state index in [4.69, 9.17) is 9.47 Å². The zero-order valence-corrected chi connectivity index (χ0v) is 17.2. The lowest BCUT2D eigenvalue weighted by molar-refractivity contribution is -0.385. The highest BCUT2D eigenvalue weighted by atomic mass is 19.1. The molecule has 0 aliphatic heterocycles. The summed E-state index contributed by atoms with van der Waals surface area (Å²) in [7, 11) is 1.35. The first-order valence-corrected chi connectivity index (χ1v) is 9.41. The highest BCUT2D eigenvalue weighted by Gasteiger charge is 2.24. The molecular formula is C21H21FN4O5. The van der Waals surface area contributed by atoms with E-state index in [-0.39, 0.29) is 30.2 Å². The minimum atomic E-state index is -0.690. The van der Waals surface area contributed by atoms with Crippen LogP contribution in [-0.4, -0.2) is 34.1 Å². The maximum atomic E-state index is 14.6. The summed E-state index contributed by atoms with van der Waals surface area (Å²) in [6.07, 6.45) is 3.22. The number of nitrogens with one attached hydrogen (secondary N) is 1. The van der Waals surface area contributed by atoms with Crippen molar-refractivity contribution in [3.05, 3.63) is 75.6 Å². The molecule has 1 amide bonds. The molecule has 0 radical (unpaired) electrons. The van der Waals surface area contributed by atoms with Gasteiger partial charge in [-0.25, -0.2) is 9.37 Å². The summed E-state index contributed by atoms with van der Waals surface area (Å²) in [4.78, 5) is 27.5. The fourth-order valence-corrected chi connectivity index (χ4v) is 3.08. The summed E-state index contributed by atoms with van der Waals surface area (Å²) >= 11 is 0. The number of halogens is 1. The smallest absolute Gasteiger partial charge is 0.286 e. The Morgan fingerprint density at radius 2 is 2.06 bits per heavy atom. The minimum absolute atomic E-state index is 0.0217. The van der Waals surface area contributed by atoms with Crippen molar-refractivity contribution in [3.63, 3.8) is 0 Å². The van der Waals surface area contributed by atoms with Crippen LogP contribution < -0.4 is 14.8 Å². The van der Waals surface area contributed by atoms with Crippen molar-refractivity contribution in [2.75, 3.05) is 13.7 Å². The van der Waals surface area contributed by atoms with E-state index in [9.17, 15) is 19.3 Å². The summed E-state index contributed by atoms with van der Waals surface area (Å²) in [5, 5.41) is 14.0. The third kappa shape index (κ3) is 4.63. The number of nitro benzene ring substituents is 1. The quantitative estimate of drug-likeness (QED) is 0.434. The number of benzene rings is 2. The molecule has 3 aromatic rings. The normalized spacial score (nSPS) is 10.6. The second-order valence-electron chi connectivity index (χ2n) is 6.52. The van der Waals surface area contributed by atoms with E-state index < -0.39 is 22.3 Å². The lowest BCUT2D eigenvalue weighted by atomic mass is 10.1. The largest absolute Gasteiger partial charge is 0.493 e. The molecule has 0 fully saturated rings. The van der Waals surface area contributed by atoms with E-state index in [0.717, 1.165) is 6.07 Å². The first-order chi connectivity index (χ1) is 14.8. The molecule has 1 aromatic heterocycles. The number of methoxy groups -OCH3 is 1. The molecule has 162 valence electrons. The lowest BCUT2D eigenvalue weighted by Crippen LogP contribution is -2.24. The van der Waals surface area contributed by atoms with Crippen molar-refractivity contribution in [2.45, 2.75) is 20.4 Å². The average Bonchev–Trinajstić information content (AvgIpc) is 3.17. The first-order valence-electron chi connectivity index (χ1n) is 9.41. The van der Waals surface area contributed by atoms with Gasteiger partial charge in [0.1, 0.15) is 17.2 Å². The number of amides is 1. The summed E-state index contributed by atoms with van der Waals surface area (Å²) in [5.74, 6) is -0.173. The predicted octanol–water partition coefficient (Wildman–Crippen LogP) is 3.57. The Morgan fingerprint density at radius 3 is 2.65 bits per heavy atom. The fraction of sp³-hybridized carbons (Fsp3) is 0.238. The number of hydrogen-bond donors (Lipinski definition) is 1. The minimum Gasteiger partial charge on any atom is -0.493 e. The Balaban J connectivity index is 1.82. The molecule has 0 unspecified atom stereocenters. The molecule has 10 heteroatoms. The highest BCUT2D eigenvalue weighted by Crippen LogP contribution is 2.34. The molecule has 3 rings (SSSR count). The number of aryl methyl sites for hydroxylation is 1. The van der Waals surface area contributed by atoms with Gasteiger partial charge < -0.3 is 19.4 Å². The molecule has 0 aliphatic carbocycles. The van der Waals surface area contributed by atoms with Crippen LogP contribution in [0.1, 0.15) is 28.7 Å². The van der Waals surface area contributed by atoms with Crippen molar-refractivity contribution in [1.82, 2.24) is 14.9 Å². The molecule has 9 nitrogen and oxygen atoms in total. The van der Waals surface area contributed by atoms with Gasteiger partial charge in [0, 0.05) is 25.0 Å². The summed E-state index contributed by atoms with van der Waals surface area (Å²) < 4.78 is 26.7. The Kier molecular flexibility index (Phi) is 6.49. The topological polar surface area (TPSA) is 109 Å². The molecular weight excluding hydrogens is 407 g/mol. The predicted molar refractivity (Wildman–Crippen MR) is 110 cm³/mol. The number of nitrogens with zero attached hydrogens (tertiary/aromatic N) is 3. The van der Waals surface area contributed by atoms with Gasteiger partial charge in [-0.15, -0.1) is 0 Å². The van der Waals surface area contributed by atoms with Crippen molar-refractivity contribution < 1.29 is 23.6 Å². The molecule has 1 N–H and O–H groups in total. The van der Waals surface area contributed by atoms with Gasteiger partial charge in [0.25, 0.3) is 11.6 Å². The highest BCUT2D eigenvalue weighted by molar-refractivity contribution is 5.99. The van der Waals surface area contributed by atoms with Gasteiger partial charge in [-0.05, 0) is 31.5 Å². The third-order valence-corrected chi connectivity index (χ3v) is 4.57. The summed E-state index contributed by atoms with van der Waals surface area (Å²) in [6, 6.07) is 6.94. The van der Waals surface area contributed by atoms with Crippen LogP contribution in [-0.2, 0) is 6.54 Å². The monoisotopic (exact) mass is 428 g/mol. The van der Waals surface area contributed by atoms with Crippen LogP contribution in [0.3, 0.4) is 0 Å². The van der Waals surface area contributed by atoms with Crippen molar-refractivity contribution in [2.24, 2.45) is 0 Å². The lowest BCUT2D eigenvalue weighted by Gasteiger charge is -2.12. The van der Waals surface area contributed by atoms with Crippen LogP contribution in [0, 0.1) is 22.9 Å². The zero-order valence-electron chi connectivity index (χ0n) is 17.2. The molecule has 1 heterocycles. The number of imidazole rings is 1. The van der Waals surface area contributed by atoms with E-state index >= 15 is 0 Å². The van der Waals surface area contributed by atoms with Gasteiger partial charge >= 0.3 is 0 Å². The number of rotatable bonds is 8. The molecule has 0 aliphatic rings. The van der Waals surface area contributed by atoms with Crippen LogP contribution in [0.4, 0.5) is 10.1 Å². The Bertz CT molecular complexity index is 1130. The number of aromatic nitrogens is 2. The number of carbonyl (C=O) groups is 1. The molecule has 0 atom stereocenters. The Hall–Kier alpha value is -3.95. The van der Waals surface area contributed by atoms with E-state index in [1.54, 1.807) is 42.9 Å². The van der Waals surface area contributed by atoms with Crippen LogP contribution in [0.5, 0.6) is 11.5 Å². The third-order valence-electron chi connectivity index (χ3n) is 4.57. The summed E-state index contributed by atoms with van der Waals surface area (Å²) in [5.41, 5.74) is 0.223. The number of hydrogen-bond acceptors (Lipinski definition) is 6. The van der Waals surface area contributed by atoms with Gasteiger partial charge in [0.05, 0.1) is 30.4 Å². The van der Waals surface area contributed by atoms with Gasteiger partial charge in [-0.2, -0.15) is 0 Å². The number of carbonyl (C=O) groups excluding carboxylic acids is 1. The molecule has 31 heavy (non-hydrogen) atoms. The zero-order chi connectivity index (χ0) is 22.5. The maximum Gasteiger partial charge on any atom is 0.286 e.